The van der Waals surface area contributed by atoms with Gasteiger partial charge in [-0.15, -0.1) is 0 Å². The summed E-state index contributed by atoms with van der Waals surface area (Å²) in [5, 5.41) is 4.46. The molecule has 1 aromatic heterocycles. The third-order valence-electron chi connectivity index (χ3n) is 3.48. The van der Waals surface area contributed by atoms with Crippen LogP contribution < -0.4 is 5.32 Å². The average molecular weight is 314 g/mol. The van der Waals surface area contributed by atoms with Crippen LogP contribution in [0.5, 0.6) is 0 Å². The highest BCUT2D eigenvalue weighted by molar-refractivity contribution is 6.33. The molecule has 4 heteroatoms. The van der Waals surface area contributed by atoms with Crippen LogP contribution in [0, 0.1) is 0 Å². The summed E-state index contributed by atoms with van der Waals surface area (Å²) < 4.78 is 5.75. The fourth-order valence-corrected chi connectivity index (χ4v) is 2.59. The van der Waals surface area contributed by atoms with Gasteiger partial charge in [0, 0.05) is 18.4 Å². The zero-order chi connectivity index (χ0) is 15.4. The van der Waals surface area contributed by atoms with E-state index in [1.807, 2.05) is 30.3 Å². The molecule has 0 aliphatic heterocycles. The van der Waals surface area contributed by atoms with Crippen molar-refractivity contribution in [3.8, 4) is 0 Å². The molecule has 22 heavy (non-hydrogen) atoms. The molecule has 0 spiro atoms. The number of furan rings is 1. The van der Waals surface area contributed by atoms with E-state index in [0.717, 1.165) is 29.6 Å². The normalized spacial score (nSPS) is 10.8. The molecule has 1 N–H and O–H groups in total. The topological polar surface area (TPSA) is 42.2 Å². The lowest BCUT2D eigenvalue weighted by Gasteiger charge is -2.05. The minimum atomic E-state index is -0.143. The van der Waals surface area contributed by atoms with Gasteiger partial charge in [-0.25, -0.2) is 0 Å². The summed E-state index contributed by atoms with van der Waals surface area (Å²) in [7, 11) is 0. The van der Waals surface area contributed by atoms with Crippen molar-refractivity contribution >= 4 is 28.5 Å². The van der Waals surface area contributed by atoms with Gasteiger partial charge in [-0.05, 0) is 30.7 Å². The lowest BCUT2D eigenvalue weighted by Crippen LogP contribution is -2.25. The van der Waals surface area contributed by atoms with Crippen molar-refractivity contribution in [3.05, 3.63) is 70.9 Å². The Balaban J connectivity index is 1.51. The van der Waals surface area contributed by atoms with E-state index in [4.69, 9.17) is 16.0 Å². The summed E-state index contributed by atoms with van der Waals surface area (Å²) in [6, 6.07) is 17.0. The second-order valence-corrected chi connectivity index (χ2v) is 5.50. The van der Waals surface area contributed by atoms with Crippen molar-refractivity contribution in [2.24, 2.45) is 0 Å². The number of carbonyl (C=O) groups excluding carboxylic acids is 1. The van der Waals surface area contributed by atoms with Gasteiger partial charge in [0.1, 0.15) is 11.3 Å². The predicted octanol–water partition coefficient (Wildman–Crippen LogP) is 4.45. The molecule has 0 saturated heterocycles. The number of nitrogens with one attached hydrogen (secondary N) is 1. The monoisotopic (exact) mass is 313 g/mol. The molecule has 2 aromatic carbocycles. The number of aryl methyl sites for hydroxylation is 1. The molecule has 3 nitrogen and oxygen atoms in total. The van der Waals surface area contributed by atoms with E-state index in [-0.39, 0.29) is 5.91 Å². The largest absolute Gasteiger partial charge is 0.461 e. The van der Waals surface area contributed by atoms with Crippen LogP contribution in [-0.4, -0.2) is 12.5 Å². The highest BCUT2D eigenvalue weighted by atomic mass is 35.5. The Morgan fingerprint density at radius 1 is 1.09 bits per heavy atom. The maximum absolute atomic E-state index is 12.0. The Bertz CT molecular complexity index is 761. The Labute approximate surface area is 133 Å². The van der Waals surface area contributed by atoms with Crippen LogP contribution in [0.4, 0.5) is 0 Å². The van der Waals surface area contributed by atoms with Crippen LogP contribution in [-0.2, 0) is 6.42 Å². The lowest BCUT2D eigenvalue weighted by molar-refractivity contribution is 0.0953. The number of carbonyl (C=O) groups is 1. The van der Waals surface area contributed by atoms with Crippen molar-refractivity contribution in [1.29, 1.82) is 0 Å². The van der Waals surface area contributed by atoms with E-state index in [0.29, 0.717) is 17.1 Å². The Morgan fingerprint density at radius 3 is 2.68 bits per heavy atom. The average Bonchev–Trinajstić information content (AvgIpc) is 2.94. The standard InChI is InChI=1S/C18H16ClNO2/c19-16-9-3-2-8-15(16)18(21)20-11-5-7-14-12-13-6-1-4-10-17(13)22-14/h1-4,6,8-10,12H,5,7,11H2,(H,20,21). The van der Waals surface area contributed by atoms with Gasteiger partial charge in [0.2, 0.25) is 0 Å². The van der Waals surface area contributed by atoms with Gasteiger partial charge in [0.25, 0.3) is 5.91 Å². The van der Waals surface area contributed by atoms with Crippen LogP contribution in [0.3, 0.4) is 0 Å². The second-order valence-electron chi connectivity index (χ2n) is 5.09. The highest BCUT2D eigenvalue weighted by Crippen LogP contribution is 2.19. The molecule has 1 heterocycles. The molecule has 0 saturated carbocycles. The molecule has 0 unspecified atom stereocenters. The van der Waals surface area contributed by atoms with Crippen molar-refractivity contribution in [2.45, 2.75) is 12.8 Å². The number of rotatable bonds is 5. The summed E-state index contributed by atoms with van der Waals surface area (Å²) in [5.74, 6) is 0.795. The quantitative estimate of drug-likeness (QED) is 0.707. The first-order valence-corrected chi connectivity index (χ1v) is 7.62. The van der Waals surface area contributed by atoms with E-state index in [1.165, 1.54) is 0 Å². The first-order valence-electron chi connectivity index (χ1n) is 7.24. The van der Waals surface area contributed by atoms with Crippen molar-refractivity contribution in [3.63, 3.8) is 0 Å². The molecular formula is C18H16ClNO2. The Kier molecular flexibility index (Phi) is 4.45. The fraction of sp³-hybridized carbons (Fsp3) is 0.167. The van der Waals surface area contributed by atoms with Crippen molar-refractivity contribution in [2.75, 3.05) is 6.54 Å². The maximum atomic E-state index is 12.0. The molecule has 0 radical (unpaired) electrons. The Morgan fingerprint density at radius 2 is 1.86 bits per heavy atom. The zero-order valence-electron chi connectivity index (χ0n) is 12.0. The van der Waals surface area contributed by atoms with Gasteiger partial charge in [-0.3, -0.25) is 4.79 Å². The van der Waals surface area contributed by atoms with E-state index >= 15 is 0 Å². The summed E-state index contributed by atoms with van der Waals surface area (Å²) in [6.45, 7) is 0.584. The number of para-hydroxylation sites is 1. The highest BCUT2D eigenvalue weighted by Gasteiger charge is 2.09. The Hall–Kier alpha value is -2.26. The molecule has 0 fully saturated rings. The number of hydrogen-bond acceptors (Lipinski definition) is 2. The van der Waals surface area contributed by atoms with E-state index in [9.17, 15) is 4.79 Å². The van der Waals surface area contributed by atoms with E-state index in [2.05, 4.69) is 5.32 Å². The number of halogens is 1. The number of amides is 1. The summed E-state index contributed by atoms with van der Waals surface area (Å²) in [6.07, 6.45) is 1.60. The zero-order valence-corrected chi connectivity index (χ0v) is 12.8. The molecule has 112 valence electrons. The third-order valence-corrected chi connectivity index (χ3v) is 3.81. The number of benzene rings is 2. The second kappa shape index (κ2) is 6.67. The van der Waals surface area contributed by atoms with Crippen LogP contribution in [0.15, 0.2) is 59.0 Å². The maximum Gasteiger partial charge on any atom is 0.252 e. The van der Waals surface area contributed by atoms with Gasteiger partial charge in [0.15, 0.2) is 0 Å². The summed E-state index contributed by atoms with van der Waals surface area (Å²) in [5.41, 5.74) is 1.41. The molecule has 1 amide bonds. The summed E-state index contributed by atoms with van der Waals surface area (Å²) in [4.78, 5) is 12.0. The SMILES string of the molecule is O=C(NCCCc1cc2ccccc2o1)c1ccccc1Cl. The minimum absolute atomic E-state index is 0.143. The molecule has 3 rings (SSSR count). The molecule has 0 atom stereocenters. The smallest absolute Gasteiger partial charge is 0.252 e. The molecule has 0 aliphatic carbocycles. The summed E-state index contributed by atoms with van der Waals surface area (Å²) >= 11 is 6.00. The van der Waals surface area contributed by atoms with Gasteiger partial charge in [-0.2, -0.15) is 0 Å². The lowest BCUT2D eigenvalue weighted by atomic mass is 10.2. The van der Waals surface area contributed by atoms with Crippen LogP contribution in [0.25, 0.3) is 11.0 Å². The van der Waals surface area contributed by atoms with Crippen molar-refractivity contribution < 1.29 is 9.21 Å². The number of hydrogen-bond donors (Lipinski definition) is 1. The minimum Gasteiger partial charge on any atom is -0.461 e. The number of fused-ring (bicyclic) bond motifs is 1. The molecular weight excluding hydrogens is 298 g/mol. The van der Waals surface area contributed by atoms with Crippen LogP contribution in [0.2, 0.25) is 5.02 Å². The van der Waals surface area contributed by atoms with Gasteiger partial charge in [0.05, 0.1) is 10.6 Å². The first-order chi connectivity index (χ1) is 10.7. The predicted molar refractivity (Wildman–Crippen MR) is 88.3 cm³/mol. The first kappa shape index (κ1) is 14.7. The van der Waals surface area contributed by atoms with Crippen LogP contribution >= 0.6 is 11.6 Å². The van der Waals surface area contributed by atoms with Gasteiger partial charge >= 0.3 is 0 Å². The van der Waals surface area contributed by atoms with Crippen molar-refractivity contribution in [1.82, 2.24) is 5.32 Å². The molecule has 0 aliphatic rings. The van der Waals surface area contributed by atoms with Gasteiger partial charge in [-0.1, -0.05) is 41.9 Å². The van der Waals surface area contributed by atoms with Gasteiger partial charge < -0.3 is 9.73 Å². The van der Waals surface area contributed by atoms with E-state index in [1.54, 1.807) is 24.3 Å². The van der Waals surface area contributed by atoms with E-state index < -0.39 is 0 Å². The molecule has 0 bridgehead atoms. The van der Waals surface area contributed by atoms with Crippen LogP contribution in [0.1, 0.15) is 22.5 Å². The fourth-order valence-electron chi connectivity index (χ4n) is 2.37. The third kappa shape index (κ3) is 3.31. The molecule has 3 aromatic rings.